The lowest BCUT2D eigenvalue weighted by atomic mass is 9.92. The second-order valence-electron chi connectivity index (χ2n) is 3.59. The highest BCUT2D eigenvalue weighted by atomic mass is 35.5. The van der Waals surface area contributed by atoms with E-state index in [9.17, 15) is 4.39 Å². The molecule has 0 spiro atoms. The maximum atomic E-state index is 13.2. The van der Waals surface area contributed by atoms with E-state index in [4.69, 9.17) is 27.9 Å². The van der Waals surface area contributed by atoms with Gasteiger partial charge in [-0.05, 0) is 12.5 Å². The van der Waals surface area contributed by atoms with Crippen molar-refractivity contribution in [2.24, 2.45) is 0 Å². The number of halogens is 3. The van der Waals surface area contributed by atoms with Gasteiger partial charge in [0.25, 0.3) is 4.59 Å². The fraction of sp³-hybridized carbons (Fsp3) is 0.455. The summed E-state index contributed by atoms with van der Waals surface area (Å²) >= 11 is 10.7. The molecule has 84 valence electrons. The number of ether oxygens (including phenoxy) is 1. The summed E-state index contributed by atoms with van der Waals surface area (Å²) in [6, 6.07) is 9.29. The van der Waals surface area contributed by atoms with Gasteiger partial charge in [-0.15, -0.1) is 0 Å². The van der Waals surface area contributed by atoms with Gasteiger partial charge in [0.05, 0.1) is 5.60 Å². The van der Waals surface area contributed by atoms with Crippen molar-refractivity contribution in [3.63, 3.8) is 0 Å². The molecule has 1 aromatic carbocycles. The lowest BCUT2D eigenvalue weighted by Gasteiger charge is -2.30. The van der Waals surface area contributed by atoms with E-state index >= 15 is 0 Å². The molecule has 4 heteroatoms. The minimum absolute atomic E-state index is 0.121. The third-order valence-electron chi connectivity index (χ3n) is 2.37. The smallest absolute Gasteiger partial charge is 0.260 e. The van der Waals surface area contributed by atoms with Gasteiger partial charge in [0, 0.05) is 13.5 Å². The average molecular weight is 251 g/mol. The third kappa shape index (κ3) is 3.63. The topological polar surface area (TPSA) is 9.23 Å². The summed E-state index contributed by atoms with van der Waals surface area (Å²) in [6.45, 7) is 1.75. The van der Waals surface area contributed by atoms with E-state index in [1.54, 1.807) is 6.92 Å². The van der Waals surface area contributed by atoms with Gasteiger partial charge in [0.15, 0.2) is 0 Å². The maximum Gasteiger partial charge on any atom is 0.260 e. The van der Waals surface area contributed by atoms with Gasteiger partial charge >= 0.3 is 0 Å². The number of alkyl halides is 3. The fourth-order valence-electron chi connectivity index (χ4n) is 1.47. The largest absolute Gasteiger partial charge is 0.374 e. The molecule has 1 rings (SSSR count). The van der Waals surface area contributed by atoms with Gasteiger partial charge in [-0.1, -0.05) is 53.5 Å². The molecule has 0 radical (unpaired) electrons. The lowest BCUT2D eigenvalue weighted by Crippen LogP contribution is -2.30. The molecular weight excluding hydrogens is 238 g/mol. The Hall–Kier alpha value is -0.310. The third-order valence-corrected chi connectivity index (χ3v) is 2.64. The summed E-state index contributed by atoms with van der Waals surface area (Å²) in [5, 5.41) is 0. The summed E-state index contributed by atoms with van der Waals surface area (Å²) < 4.78 is 16.2. The van der Waals surface area contributed by atoms with Crippen LogP contribution in [0.5, 0.6) is 0 Å². The van der Waals surface area contributed by atoms with E-state index < -0.39 is 10.2 Å². The highest BCUT2D eigenvalue weighted by Gasteiger charge is 2.37. The molecule has 0 N–H and O–H groups in total. The molecule has 0 fully saturated rings. The predicted octanol–water partition coefficient (Wildman–Crippen LogP) is 4.04. The van der Waals surface area contributed by atoms with E-state index in [1.165, 1.54) is 7.11 Å². The second kappa shape index (κ2) is 4.69. The fourth-order valence-corrected chi connectivity index (χ4v) is 1.98. The zero-order valence-corrected chi connectivity index (χ0v) is 10.1. The van der Waals surface area contributed by atoms with Gasteiger partial charge in [-0.25, -0.2) is 4.39 Å². The van der Waals surface area contributed by atoms with Gasteiger partial charge in [-0.3, -0.25) is 0 Å². The summed E-state index contributed by atoms with van der Waals surface area (Å²) in [5.41, 5.74) is 0.0234. The Kier molecular flexibility index (Phi) is 3.99. The highest BCUT2D eigenvalue weighted by Crippen LogP contribution is 2.39. The Morgan fingerprint density at radius 3 is 2.20 bits per heavy atom. The predicted molar refractivity (Wildman–Crippen MR) is 61.0 cm³/mol. The van der Waals surface area contributed by atoms with Crippen LogP contribution >= 0.6 is 23.2 Å². The first-order valence-electron chi connectivity index (χ1n) is 4.55. The van der Waals surface area contributed by atoms with Crippen molar-refractivity contribution in [3.05, 3.63) is 35.9 Å². The maximum absolute atomic E-state index is 13.2. The molecule has 15 heavy (non-hydrogen) atoms. The Morgan fingerprint density at radius 1 is 1.27 bits per heavy atom. The van der Waals surface area contributed by atoms with Crippen LogP contribution in [-0.2, 0) is 10.3 Å². The van der Waals surface area contributed by atoms with Crippen molar-refractivity contribution >= 4 is 23.2 Å². The number of rotatable bonds is 4. The molecule has 0 aliphatic carbocycles. The molecule has 0 aliphatic heterocycles. The number of methoxy groups -OCH3 is 1. The van der Waals surface area contributed by atoms with Crippen molar-refractivity contribution in [1.82, 2.24) is 0 Å². The zero-order valence-electron chi connectivity index (χ0n) is 8.64. The molecule has 0 saturated heterocycles. The zero-order chi connectivity index (χ0) is 11.5. The summed E-state index contributed by atoms with van der Waals surface area (Å²) in [4.78, 5) is 0. The minimum Gasteiger partial charge on any atom is -0.374 e. The molecule has 0 amide bonds. The summed E-state index contributed by atoms with van der Waals surface area (Å²) in [7, 11) is 1.51. The summed E-state index contributed by atoms with van der Waals surface area (Å²) in [5.74, 6) is 0. The molecule has 1 unspecified atom stereocenters. The Labute approximate surface area is 99.1 Å². The molecule has 1 nitrogen and oxygen atoms in total. The van der Waals surface area contributed by atoms with E-state index in [-0.39, 0.29) is 6.42 Å². The van der Waals surface area contributed by atoms with Crippen LogP contribution in [0.2, 0.25) is 0 Å². The molecule has 1 aromatic rings. The Morgan fingerprint density at radius 2 is 1.80 bits per heavy atom. The Balaban J connectivity index is 2.96. The molecule has 0 saturated carbocycles. The molecule has 0 aromatic heterocycles. The van der Waals surface area contributed by atoms with Crippen LogP contribution in [0.1, 0.15) is 18.9 Å². The quantitative estimate of drug-likeness (QED) is 0.734. The van der Waals surface area contributed by atoms with Crippen LogP contribution in [0.15, 0.2) is 30.3 Å². The first kappa shape index (κ1) is 12.8. The lowest BCUT2D eigenvalue weighted by molar-refractivity contribution is -0.0192. The Bertz CT molecular complexity index is 310. The normalized spacial score (nSPS) is 16.1. The molecule has 0 aliphatic rings. The average Bonchev–Trinajstić information content (AvgIpc) is 2.16. The van der Waals surface area contributed by atoms with Crippen molar-refractivity contribution < 1.29 is 9.13 Å². The van der Waals surface area contributed by atoms with Gasteiger partial charge in [-0.2, -0.15) is 0 Å². The van der Waals surface area contributed by atoms with Crippen molar-refractivity contribution in [3.8, 4) is 0 Å². The first-order chi connectivity index (χ1) is 6.87. The second-order valence-corrected chi connectivity index (χ2v) is 4.98. The standard InChI is InChI=1S/C11H13Cl2FO/c1-10(15-2,8-11(12,13)14)9-6-4-3-5-7-9/h3-7H,8H2,1-2H3. The van der Waals surface area contributed by atoms with Crippen molar-refractivity contribution in [1.29, 1.82) is 0 Å². The van der Waals surface area contributed by atoms with E-state index in [1.807, 2.05) is 30.3 Å². The van der Waals surface area contributed by atoms with Crippen LogP contribution in [0.25, 0.3) is 0 Å². The number of hydrogen-bond acceptors (Lipinski definition) is 1. The van der Waals surface area contributed by atoms with Crippen molar-refractivity contribution in [2.45, 2.75) is 23.5 Å². The number of hydrogen-bond donors (Lipinski definition) is 0. The molecular formula is C11H13Cl2FO. The van der Waals surface area contributed by atoms with E-state index in [2.05, 4.69) is 0 Å². The van der Waals surface area contributed by atoms with Gasteiger partial charge in [0.2, 0.25) is 0 Å². The SMILES string of the molecule is COC(C)(CC(F)(Cl)Cl)c1ccccc1. The summed E-state index contributed by atoms with van der Waals surface area (Å²) in [6.07, 6.45) is -0.121. The number of benzene rings is 1. The van der Waals surface area contributed by atoms with Crippen LogP contribution in [-0.4, -0.2) is 11.7 Å². The molecule has 1 atom stereocenters. The van der Waals surface area contributed by atoms with E-state index in [0.29, 0.717) is 0 Å². The van der Waals surface area contributed by atoms with Crippen LogP contribution < -0.4 is 0 Å². The minimum atomic E-state index is -2.29. The van der Waals surface area contributed by atoms with Gasteiger partial charge in [0.1, 0.15) is 0 Å². The molecule has 0 bridgehead atoms. The van der Waals surface area contributed by atoms with Crippen LogP contribution in [0.3, 0.4) is 0 Å². The highest BCUT2D eigenvalue weighted by molar-refractivity contribution is 6.47. The van der Waals surface area contributed by atoms with Crippen LogP contribution in [0.4, 0.5) is 4.39 Å². The van der Waals surface area contributed by atoms with Crippen molar-refractivity contribution in [2.75, 3.05) is 7.11 Å². The molecule has 0 heterocycles. The monoisotopic (exact) mass is 250 g/mol. The van der Waals surface area contributed by atoms with Gasteiger partial charge < -0.3 is 4.74 Å². The first-order valence-corrected chi connectivity index (χ1v) is 5.30. The van der Waals surface area contributed by atoms with Crippen LogP contribution in [0, 0.1) is 0 Å². The van der Waals surface area contributed by atoms with E-state index in [0.717, 1.165) is 5.56 Å².